The lowest BCUT2D eigenvalue weighted by Gasteiger charge is -2.30. The second-order valence-corrected chi connectivity index (χ2v) is 21.9. The van der Waals surface area contributed by atoms with Gasteiger partial charge in [0.15, 0.2) is 0 Å². The fraction of sp³-hybridized carbons (Fsp3) is 0.352. The summed E-state index contributed by atoms with van der Waals surface area (Å²) >= 11 is 0. The third kappa shape index (κ3) is 20.0. The molecule has 12 nitrogen and oxygen atoms in total. The summed E-state index contributed by atoms with van der Waals surface area (Å²) in [6.45, 7) is 7.22. The molecule has 2 bridgehead atoms. The van der Waals surface area contributed by atoms with E-state index in [4.69, 9.17) is 4.98 Å². The summed E-state index contributed by atoms with van der Waals surface area (Å²) in [6, 6.07) is 46.1. The molecule has 4 aromatic carbocycles. The molecule has 0 aliphatic carbocycles. The number of pyridine rings is 3. The Kier molecular flexibility index (Phi) is 23.3. The number of benzene rings is 4. The van der Waals surface area contributed by atoms with Crippen LogP contribution in [0.15, 0.2) is 140 Å². The maximum atomic E-state index is 12.5. The van der Waals surface area contributed by atoms with Crippen LogP contribution in [0.2, 0.25) is 0 Å². The van der Waals surface area contributed by atoms with Crippen molar-refractivity contribution in [2.45, 2.75) is 130 Å². The summed E-state index contributed by atoms with van der Waals surface area (Å²) in [7, 11) is 0. The number of nitrogens with zero attached hydrogens (tertiary/aromatic N) is 6. The minimum absolute atomic E-state index is 0.114. The van der Waals surface area contributed by atoms with Gasteiger partial charge in [0.25, 0.3) is 0 Å². The molecule has 3 aromatic heterocycles. The molecular weight excluding hydrogens is 1030 g/mol. The van der Waals surface area contributed by atoms with Gasteiger partial charge >= 0.3 is 17.9 Å². The van der Waals surface area contributed by atoms with Gasteiger partial charge in [-0.05, 0) is 120 Å². The maximum Gasteiger partial charge on any atom is 0.354 e. The number of carboxylic acids is 3. The highest BCUT2D eigenvalue weighted by molar-refractivity contribution is 5.86. The topological polar surface area (TPSA) is 160 Å². The number of hydrogen-bond donors (Lipinski definition) is 3. The SMILES string of the molecule is CCCCCCCCc1ccc(-c2ccc(C#Cc3cc(CN4CCN(CC(=O)O)Cc5cccc(n5)CN(Cc5cc(C#Cc6ccc(-c7ccc(CCCCCCCC)cc7)cc6)cc(C(=O)O)n5)CC4)nc(C(=O)O)c3)cc2)cc1. The van der Waals surface area contributed by atoms with Crippen LogP contribution in [0.5, 0.6) is 0 Å². The number of aliphatic carboxylic acids is 1. The standard InChI is InChI=1S/C71H78N6O6/c1-3-5-7-9-11-13-16-53-24-32-59(33-25-53)61-36-28-55(29-37-61)20-22-57-44-65(73-67(46-57)70(80)81)50-75-40-42-76(48-63-18-15-19-64(72-63)49-77(43-41-75)52-69(78)79)51-66-45-58(47-68(74-66)71(82)83)23-21-56-30-38-62(39-31-56)60-34-26-54(27-35-60)17-14-12-10-8-6-4-2/h15,18-19,24-39,44-47H,3-14,16-17,40-43,48-52H2,1-2H3,(H,78,79)(H,80,81)(H,82,83). The van der Waals surface area contributed by atoms with Crippen molar-refractivity contribution in [3.63, 3.8) is 0 Å². The number of aryl methyl sites for hydroxylation is 2. The van der Waals surface area contributed by atoms with Crippen LogP contribution in [0.25, 0.3) is 22.3 Å². The van der Waals surface area contributed by atoms with E-state index in [0.29, 0.717) is 67.5 Å². The van der Waals surface area contributed by atoms with Gasteiger partial charge in [-0.1, -0.05) is 181 Å². The molecular formula is C71H78N6O6. The van der Waals surface area contributed by atoms with Crippen LogP contribution in [-0.4, -0.2) is 95.6 Å². The van der Waals surface area contributed by atoms with Gasteiger partial charge in [0.2, 0.25) is 0 Å². The van der Waals surface area contributed by atoms with Gasteiger partial charge in [0, 0.05) is 74.6 Å². The molecule has 12 heteroatoms. The molecule has 1 aliphatic rings. The van der Waals surface area contributed by atoms with E-state index in [-0.39, 0.29) is 31.0 Å². The molecule has 0 saturated carbocycles. The Bertz CT molecular complexity index is 3370. The Balaban J connectivity index is 0.971. The molecule has 0 amide bonds. The molecule has 7 aromatic rings. The summed E-state index contributed by atoms with van der Waals surface area (Å²) in [4.78, 5) is 57.4. The summed E-state index contributed by atoms with van der Waals surface area (Å²) in [5.74, 6) is 9.57. The highest BCUT2D eigenvalue weighted by atomic mass is 16.4. The van der Waals surface area contributed by atoms with E-state index in [2.05, 4.69) is 130 Å². The van der Waals surface area contributed by atoms with Crippen molar-refractivity contribution < 1.29 is 29.7 Å². The minimum atomic E-state index is -1.17. The van der Waals surface area contributed by atoms with Crippen molar-refractivity contribution in [2.24, 2.45) is 0 Å². The first-order chi connectivity index (χ1) is 40.4. The summed E-state index contributed by atoms with van der Waals surface area (Å²) in [5, 5.41) is 30.4. The van der Waals surface area contributed by atoms with Gasteiger partial charge in [-0.15, -0.1) is 0 Å². The number of carboxylic acid groups (broad SMARTS) is 3. The molecule has 0 fully saturated rings. The van der Waals surface area contributed by atoms with Crippen molar-refractivity contribution in [1.29, 1.82) is 0 Å². The number of rotatable bonds is 24. The lowest BCUT2D eigenvalue weighted by Crippen LogP contribution is -2.41. The van der Waals surface area contributed by atoms with Gasteiger partial charge < -0.3 is 15.3 Å². The number of aromatic carboxylic acids is 2. The highest BCUT2D eigenvalue weighted by Gasteiger charge is 2.21. The molecule has 0 unspecified atom stereocenters. The number of carbonyl (C=O) groups is 3. The average Bonchev–Trinajstić information content (AvgIpc) is 3.50. The second kappa shape index (κ2) is 31.8. The zero-order valence-electron chi connectivity index (χ0n) is 48.3. The zero-order valence-corrected chi connectivity index (χ0v) is 48.3. The van der Waals surface area contributed by atoms with Gasteiger partial charge in [-0.3, -0.25) is 24.5 Å². The average molecular weight is 1110 g/mol. The first-order valence-corrected chi connectivity index (χ1v) is 29.7. The smallest absolute Gasteiger partial charge is 0.354 e. The quantitative estimate of drug-likeness (QED) is 0.0389. The van der Waals surface area contributed by atoms with Gasteiger partial charge in [-0.25, -0.2) is 19.6 Å². The molecule has 0 spiro atoms. The lowest BCUT2D eigenvalue weighted by atomic mass is 10.00. The van der Waals surface area contributed by atoms with E-state index < -0.39 is 17.9 Å². The molecule has 0 saturated heterocycles. The first-order valence-electron chi connectivity index (χ1n) is 29.7. The van der Waals surface area contributed by atoms with Gasteiger partial charge in [0.1, 0.15) is 11.4 Å². The molecule has 4 heterocycles. The van der Waals surface area contributed by atoms with Gasteiger partial charge in [0.05, 0.1) is 29.3 Å². The van der Waals surface area contributed by atoms with Crippen LogP contribution in [0.3, 0.4) is 0 Å². The molecule has 0 atom stereocenters. The van der Waals surface area contributed by atoms with Crippen LogP contribution in [0, 0.1) is 23.7 Å². The van der Waals surface area contributed by atoms with E-state index >= 15 is 0 Å². The normalized spacial score (nSPS) is 13.2. The van der Waals surface area contributed by atoms with Crippen LogP contribution in [0.4, 0.5) is 0 Å². The van der Waals surface area contributed by atoms with Crippen molar-refractivity contribution in [3.05, 3.63) is 207 Å². The van der Waals surface area contributed by atoms with E-state index in [1.807, 2.05) is 59.5 Å². The maximum absolute atomic E-state index is 12.5. The number of aromatic nitrogens is 3. The first kappa shape index (κ1) is 60.8. The van der Waals surface area contributed by atoms with Crippen LogP contribution in [0.1, 0.15) is 168 Å². The van der Waals surface area contributed by atoms with Crippen molar-refractivity contribution in [1.82, 2.24) is 29.7 Å². The Labute approximate surface area is 490 Å². The highest BCUT2D eigenvalue weighted by Crippen LogP contribution is 2.24. The monoisotopic (exact) mass is 1110 g/mol. The molecule has 428 valence electrons. The van der Waals surface area contributed by atoms with E-state index in [0.717, 1.165) is 51.9 Å². The zero-order chi connectivity index (χ0) is 58.2. The Morgan fingerprint density at radius 1 is 0.422 bits per heavy atom. The molecule has 0 radical (unpaired) electrons. The van der Waals surface area contributed by atoms with E-state index in [9.17, 15) is 29.7 Å². The van der Waals surface area contributed by atoms with Crippen LogP contribution in [-0.2, 0) is 43.8 Å². The third-order valence-corrected chi connectivity index (χ3v) is 15.1. The van der Waals surface area contributed by atoms with Crippen molar-refractivity contribution >= 4 is 17.9 Å². The van der Waals surface area contributed by atoms with Crippen LogP contribution < -0.4 is 0 Å². The summed E-state index contributed by atoms with van der Waals surface area (Å²) in [5.41, 5.74) is 12.0. The molecule has 3 N–H and O–H groups in total. The Morgan fingerprint density at radius 3 is 1.23 bits per heavy atom. The second-order valence-electron chi connectivity index (χ2n) is 21.9. The summed E-state index contributed by atoms with van der Waals surface area (Å²) < 4.78 is 0. The fourth-order valence-corrected chi connectivity index (χ4v) is 10.5. The van der Waals surface area contributed by atoms with E-state index in [1.54, 1.807) is 0 Å². The molecule has 8 rings (SSSR count). The Morgan fingerprint density at radius 2 is 0.795 bits per heavy atom. The summed E-state index contributed by atoms with van der Waals surface area (Å²) in [6.07, 6.45) is 17.5. The number of hydrogen-bond acceptors (Lipinski definition) is 9. The van der Waals surface area contributed by atoms with Gasteiger partial charge in [-0.2, -0.15) is 0 Å². The van der Waals surface area contributed by atoms with Crippen molar-refractivity contribution in [3.8, 4) is 45.9 Å². The predicted molar refractivity (Wildman–Crippen MR) is 329 cm³/mol. The number of unbranched alkanes of at least 4 members (excludes halogenated alkanes) is 10. The van der Waals surface area contributed by atoms with E-state index in [1.165, 1.54) is 100 Å². The van der Waals surface area contributed by atoms with Crippen molar-refractivity contribution in [2.75, 3.05) is 32.7 Å². The number of fused-ring (bicyclic) bond motifs is 2. The fourth-order valence-electron chi connectivity index (χ4n) is 10.5. The minimum Gasteiger partial charge on any atom is -0.480 e. The third-order valence-electron chi connectivity index (χ3n) is 15.1. The largest absolute Gasteiger partial charge is 0.480 e. The van der Waals surface area contributed by atoms with Crippen LogP contribution >= 0.6 is 0 Å². The molecule has 1 aliphatic heterocycles. The lowest BCUT2D eigenvalue weighted by molar-refractivity contribution is -0.138. The Hall–Kier alpha value is -8.26. The predicted octanol–water partition coefficient (Wildman–Crippen LogP) is 13.6. The molecule has 83 heavy (non-hydrogen) atoms.